The zero-order valence-electron chi connectivity index (χ0n) is 28.6. The van der Waals surface area contributed by atoms with Crippen LogP contribution in [0.25, 0.3) is 0 Å². The average Bonchev–Trinajstić information content (AvgIpc) is 3.18. The van der Waals surface area contributed by atoms with Gasteiger partial charge in [-0.2, -0.15) is 8.42 Å². The van der Waals surface area contributed by atoms with Gasteiger partial charge in [0.25, 0.3) is 16.0 Å². The van der Waals surface area contributed by atoms with Crippen LogP contribution in [0.3, 0.4) is 0 Å². The fourth-order valence-corrected chi connectivity index (χ4v) is 8.33. The molecule has 1 aliphatic heterocycles. The highest BCUT2D eigenvalue weighted by atomic mass is 32.2. The Morgan fingerprint density at radius 1 is 1.02 bits per heavy atom. The van der Waals surface area contributed by atoms with Crippen molar-refractivity contribution in [3.05, 3.63) is 78.4 Å². The second-order valence-electron chi connectivity index (χ2n) is 12.0. The number of thioether (sulfide) groups is 1. The van der Waals surface area contributed by atoms with E-state index in [-0.39, 0.29) is 16.8 Å². The lowest BCUT2D eigenvalue weighted by atomic mass is 9.87. The first-order valence-corrected chi connectivity index (χ1v) is 20.4. The Kier molecular flexibility index (Phi) is 14.7. The fourth-order valence-electron chi connectivity index (χ4n) is 5.80. The predicted molar refractivity (Wildman–Crippen MR) is 196 cm³/mol. The molecule has 0 fully saturated rings. The number of carbonyl (C=O) groups is 2. The third-order valence-electron chi connectivity index (χ3n) is 8.21. The number of hydrogen-bond acceptors (Lipinski definition) is 10. The lowest BCUT2D eigenvalue weighted by molar-refractivity contribution is -0.130. The van der Waals surface area contributed by atoms with Gasteiger partial charge in [-0.05, 0) is 42.9 Å². The van der Waals surface area contributed by atoms with E-state index in [1.165, 1.54) is 17.8 Å². The van der Waals surface area contributed by atoms with Crippen molar-refractivity contribution in [2.75, 3.05) is 30.2 Å². The van der Waals surface area contributed by atoms with Gasteiger partial charge >= 0.3 is 0 Å². The van der Waals surface area contributed by atoms with Gasteiger partial charge in [0.05, 0.1) is 16.1 Å². The van der Waals surface area contributed by atoms with Crippen LogP contribution in [-0.4, -0.2) is 64.0 Å². The van der Waals surface area contributed by atoms with Crippen LogP contribution in [0.15, 0.2) is 82.6 Å². The monoisotopic (exact) mass is 749 g/mol. The van der Waals surface area contributed by atoms with E-state index in [1.807, 2.05) is 41.5 Å². The number of amides is 2. The zero-order valence-corrected chi connectivity index (χ0v) is 31.0. The number of benzene rings is 3. The maximum atomic E-state index is 14.2. The number of ether oxygens (including phenoxy) is 1. The summed E-state index contributed by atoms with van der Waals surface area (Å²) in [5, 5.41) is 4.65. The summed E-state index contributed by atoms with van der Waals surface area (Å²) in [4.78, 5) is 28.7. The molecule has 0 unspecified atom stereocenters. The van der Waals surface area contributed by atoms with Crippen LogP contribution in [0.4, 0.5) is 11.4 Å². The lowest BCUT2D eigenvalue weighted by Crippen LogP contribution is -2.53. The zero-order chi connectivity index (χ0) is 35.7. The van der Waals surface area contributed by atoms with E-state index < -0.39 is 56.0 Å². The standard InChI is InChI=1S/C34H44N4O8S3.H3N/c1-4-6-18-34(19-7-5-2)23-38(26-16-12-9-13-17-26)27-20-29(47-3)28(21-30(27)49(44,45)37-34)46-22-31(39)36-32(25-14-10-8-11-15-25)33(40)35-24-48(41,42)43;/h8-17,20-21,32,37H,4-7,18-19,22-24H2,1-3H3,(H,35,40)(H,36,39)(H,41,42,43);1H3/t32-;/m1./s1. The number of nitrogens with one attached hydrogen (secondary N) is 3. The number of anilines is 2. The van der Waals surface area contributed by atoms with Gasteiger partial charge in [-0.15, -0.1) is 11.8 Å². The Morgan fingerprint density at radius 3 is 2.18 bits per heavy atom. The van der Waals surface area contributed by atoms with Crippen molar-refractivity contribution in [1.29, 1.82) is 0 Å². The van der Waals surface area contributed by atoms with Crippen molar-refractivity contribution in [1.82, 2.24) is 21.5 Å². The first kappa shape index (κ1) is 40.8. The second kappa shape index (κ2) is 18.0. The first-order valence-electron chi connectivity index (χ1n) is 16.1. The minimum Gasteiger partial charge on any atom is -0.483 e. The molecule has 3 aromatic rings. The number of para-hydroxylation sites is 1. The van der Waals surface area contributed by atoms with E-state index in [0.717, 1.165) is 31.4 Å². The molecule has 0 saturated heterocycles. The highest BCUT2D eigenvalue weighted by Crippen LogP contribution is 2.44. The normalized spacial score (nSPS) is 15.5. The van der Waals surface area contributed by atoms with Crippen molar-refractivity contribution in [2.45, 2.75) is 73.7 Å². The molecule has 7 N–H and O–H groups in total. The Morgan fingerprint density at radius 2 is 1.62 bits per heavy atom. The third kappa shape index (κ3) is 10.7. The summed E-state index contributed by atoms with van der Waals surface area (Å²) in [6, 6.07) is 19.7. The van der Waals surface area contributed by atoms with Gasteiger partial charge in [0.1, 0.15) is 22.6 Å². The van der Waals surface area contributed by atoms with Gasteiger partial charge in [-0.25, -0.2) is 13.1 Å². The summed E-state index contributed by atoms with van der Waals surface area (Å²) in [6.45, 7) is 4.02. The number of carbonyl (C=O) groups excluding carboxylic acids is 2. The third-order valence-corrected chi connectivity index (χ3v) is 11.1. The quantitative estimate of drug-likeness (QED) is 0.0936. The highest BCUT2D eigenvalue weighted by Gasteiger charge is 2.42. The Hall–Kier alpha value is -3.67. The van der Waals surface area contributed by atoms with Crippen LogP contribution >= 0.6 is 11.8 Å². The van der Waals surface area contributed by atoms with Crippen LogP contribution in [0.1, 0.15) is 64.0 Å². The van der Waals surface area contributed by atoms with Crippen molar-refractivity contribution in [2.24, 2.45) is 0 Å². The van der Waals surface area contributed by atoms with Crippen LogP contribution in [0.5, 0.6) is 5.75 Å². The number of nitrogens with zero attached hydrogens (tertiary/aromatic N) is 1. The van der Waals surface area contributed by atoms with Crippen LogP contribution in [0.2, 0.25) is 0 Å². The van der Waals surface area contributed by atoms with Crippen molar-refractivity contribution < 1.29 is 35.7 Å². The fraction of sp³-hybridized carbons (Fsp3) is 0.412. The molecular formula is C34H47N5O8S3. The highest BCUT2D eigenvalue weighted by molar-refractivity contribution is 7.98. The lowest BCUT2D eigenvalue weighted by Gasteiger charge is -2.37. The molecule has 0 aliphatic carbocycles. The number of sulfonamides is 1. The van der Waals surface area contributed by atoms with E-state index in [9.17, 15) is 26.4 Å². The Bertz CT molecular complexity index is 1800. The molecule has 3 aromatic carbocycles. The first-order chi connectivity index (χ1) is 23.3. The van der Waals surface area contributed by atoms with E-state index in [0.29, 0.717) is 35.5 Å². The number of fused-ring (bicyclic) bond motifs is 1. The summed E-state index contributed by atoms with van der Waals surface area (Å²) in [5.74, 6) is -2.45. The summed E-state index contributed by atoms with van der Waals surface area (Å²) in [7, 11) is -8.57. The van der Waals surface area contributed by atoms with Crippen molar-refractivity contribution in [3.63, 3.8) is 0 Å². The van der Waals surface area contributed by atoms with Crippen molar-refractivity contribution in [3.8, 4) is 5.75 Å². The molecule has 0 bridgehead atoms. The van der Waals surface area contributed by atoms with E-state index in [2.05, 4.69) is 29.2 Å². The molecule has 1 heterocycles. The molecule has 274 valence electrons. The Balaban J connectivity index is 0.00000676. The molecular weight excluding hydrogens is 703 g/mol. The van der Waals surface area contributed by atoms with E-state index in [1.54, 1.807) is 36.4 Å². The summed E-state index contributed by atoms with van der Waals surface area (Å²) < 4.78 is 69.0. The number of rotatable bonds is 16. The predicted octanol–water partition coefficient (Wildman–Crippen LogP) is 5.32. The maximum Gasteiger partial charge on any atom is 0.283 e. The summed E-state index contributed by atoms with van der Waals surface area (Å²) >= 11 is 1.33. The molecule has 4 rings (SSSR count). The molecule has 0 spiro atoms. The smallest absolute Gasteiger partial charge is 0.283 e. The topological polar surface area (TPSA) is 206 Å². The molecule has 0 aromatic heterocycles. The largest absolute Gasteiger partial charge is 0.483 e. The van der Waals surface area contributed by atoms with Gasteiger partial charge in [-0.1, -0.05) is 88.1 Å². The SMILES string of the molecule is CCCCC1(CCCC)CN(c2ccccc2)c2cc(SC)c(OCC(=O)N[C@@H](C(=O)NCS(=O)(=O)O)c3ccccc3)cc2S(=O)(=O)N1.N. The summed E-state index contributed by atoms with van der Waals surface area (Å²) in [5.41, 5.74) is 0.989. The molecule has 50 heavy (non-hydrogen) atoms. The number of unbranched alkanes of at least 4 members (excludes halogenated alkanes) is 2. The molecule has 1 atom stereocenters. The Labute approximate surface area is 299 Å². The maximum absolute atomic E-state index is 14.2. The minimum atomic E-state index is -4.51. The van der Waals surface area contributed by atoms with Gasteiger partial charge in [-0.3, -0.25) is 14.1 Å². The van der Waals surface area contributed by atoms with Gasteiger partial charge in [0, 0.05) is 18.3 Å². The van der Waals surface area contributed by atoms with Gasteiger partial charge < -0.3 is 26.4 Å². The molecule has 2 amide bonds. The molecule has 13 nitrogen and oxygen atoms in total. The van der Waals surface area contributed by atoms with Crippen LogP contribution in [-0.2, 0) is 29.7 Å². The average molecular weight is 750 g/mol. The molecule has 0 saturated carbocycles. The molecule has 0 radical (unpaired) electrons. The van der Waals surface area contributed by atoms with Crippen LogP contribution < -0.4 is 31.1 Å². The van der Waals surface area contributed by atoms with Crippen molar-refractivity contribution >= 4 is 55.1 Å². The molecule has 1 aliphatic rings. The van der Waals surface area contributed by atoms with E-state index in [4.69, 9.17) is 9.29 Å². The van der Waals surface area contributed by atoms with E-state index >= 15 is 0 Å². The number of hydrogen-bond donors (Lipinski definition) is 5. The van der Waals surface area contributed by atoms with Gasteiger partial charge in [0.15, 0.2) is 6.61 Å². The van der Waals surface area contributed by atoms with Crippen LogP contribution in [0, 0.1) is 0 Å². The van der Waals surface area contributed by atoms with Gasteiger partial charge in [0.2, 0.25) is 15.9 Å². The summed E-state index contributed by atoms with van der Waals surface area (Å²) in [6.07, 6.45) is 6.68. The minimum absolute atomic E-state index is 0. The molecule has 16 heteroatoms. The second-order valence-corrected chi connectivity index (χ2v) is 15.9.